The number of aliphatic hydroxyl groups excluding tert-OH is 1. The molecule has 0 saturated heterocycles. The van der Waals surface area contributed by atoms with Gasteiger partial charge in [0.2, 0.25) is 10.0 Å². The molecule has 0 heterocycles. The molecule has 0 spiro atoms. The summed E-state index contributed by atoms with van der Waals surface area (Å²) in [6, 6.07) is 6.13. The third-order valence-electron chi connectivity index (χ3n) is 3.15. The van der Waals surface area contributed by atoms with E-state index in [0.29, 0.717) is 12.0 Å². The van der Waals surface area contributed by atoms with E-state index in [1.807, 2.05) is 0 Å². The lowest BCUT2D eigenvalue weighted by molar-refractivity contribution is -0.140. The minimum absolute atomic E-state index is 0.0539. The van der Waals surface area contributed by atoms with E-state index in [4.69, 9.17) is 0 Å². The van der Waals surface area contributed by atoms with Crippen molar-refractivity contribution in [2.45, 2.75) is 31.3 Å². The molecule has 1 rings (SSSR count). The number of aliphatic hydroxyl groups is 1. The molecule has 0 bridgehead atoms. The number of hydrogen-bond acceptors (Lipinski definition) is 5. The fourth-order valence-electron chi connectivity index (χ4n) is 1.84. The van der Waals surface area contributed by atoms with Crippen molar-refractivity contribution < 1.29 is 23.1 Å². The van der Waals surface area contributed by atoms with E-state index in [1.54, 1.807) is 26.0 Å². The molecule has 21 heavy (non-hydrogen) atoms. The van der Waals surface area contributed by atoms with Gasteiger partial charge in [-0.15, -0.1) is 0 Å². The Bertz CT molecular complexity index is 585. The Balaban J connectivity index is 3.14. The van der Waals surface area contributed by atoms with Crippen molar-refractivity contribution in [1.82, 2.24) is 4.31 Å². The van der Waals surface area contributed by atoms with Crippen LogP contribution in [-0.4, -0.2) is 44.0 Å². The number of nitrogens with zero attached hydrogens (tertiary/aromatic N) is 1. The lowest BCUT2D eigenvalue weighted by atomic mass is 10.1. The molecule has 1 aromatic rings. The van der Waals surface area contributed by atoms with Crippen molar-refractivity contribution in [1.29, 1.82) is 0 Å². The van der Waals surface area contributed by atoms with Crippen LogP contribution >= 0.6 is 0 Å². The number of carbonyl (C=O) groups excluding carboxylic acids is 1. The number of methoxy groups -OCH3 is 1. The van der Waals surface area contributed by atoms with E-state index >= 15 is 0 Å². The second kappa shape index (κ2) is 7.53. The van der Waals surface area contributed by atoms with Gasteiger partial charge in [-0.05, 0) is 24.1 Å². The molecule has 7 heteroatoms. The lowest BCUT2D eigenvalue weighted by Crippen LogP contribution is -2.36. The molecule has 6 nitrogen and oxygen atoms in total. The summed E-state index contributed by atoms with van der Waals surface area (Å²) in [4.78, 5) is 11.4. The van der Waals surface area contributed by atoms with Gasteiger partial charge in [-0.2, -0.15) is 4.31 Å². The number of likely N-dealkylation sites (N-methyl/N-ethyl adjacent to an activating group) is 1. The summed E-state index contributed by atoms with van der Waals surface area (Å²) in [7, 11) is -2.59. The van der Waals surface area contributed by atoms with Crippen LogP contribution in [0.5, 0.6) is 0 Å². The SMILES string of the molecule is CCC(O)c1cccc(S(=O)(=O)N(CC)CC(=O)OC)c1. The lowest BCUT2D eigenvalue weighted by Gasteiger charge is -2.20. The van der Waals surface area contributed by atoms with Gasteiger partial charge < -0.3 is 9.84 Å². The summed E-state index contributed by atoms with van der Waals surface area (Å²) in [5, 5.41) is 9.82. The van der Waals surface area contributed by atoms with Crippen LogP contribution in [0.2, 0.25) is 0 Å². The third kappa shape index (κ3) is 4.26. The zero-order valence-electron chi connectivity index (χ0n) is 12.4. The zero-order chi connectivity index (χ0) is 16.0. The van der Waals surface area contributed by atoms with Gasteiger partial charge in [0.15, 0.2) is 0 Å². The van der Waals surface area contributed by atoms with Crippen molar-refractivity contribution in [2.24, 2.45) is 0 Å². The molecule has 0 amide bonds. The molecule has 1 N–H and O–H groups in total. The Morgan fingerprint density at radius 2 is 2.05 bits per heavy atom. The van der Waals surface area contributed by atoms with E-state index in [-0.39, 0.29) is 18.0 Å². The summed E-state index contributed by atoms with van der Waals surface area (Å²) in [6.45, 7) is 3.26. The second-order valence-electron chi connectivity index (χ2n) is 4.50. The minimum atomic E-state index is -3.80. The first-order valence-electron chi connectivity index (χ1n) is 6.71. The molecule has 1 unspecified atom stereocenters. The predicted molar refractivity (Wildman–Crippen MR) is 78.1 cm³/mol. The number of benzene rings is 1. The van der Waals surface area contributed by atoms with Crippen molar-refractivity contribution in [3.63, 3.8) is 0 Å². The highest BCUT2D eigenvalue weighted by molar-refractivity contribution is 7.89. The smallest absolute Gasteiger partial charge is 0.321 e. The van der Waals surface area contributed by atoms with E-state index in [2.05, 4.69) is 4.74 Å². The van der Waals surface area contributed by atoms with Crippen LogP contribution < -0.4 is 0 Å². The normalized spacial score (nSPS) is 13.2. The maximum absolute atomic E-state index is 12.5. The van der Waals surface area contributed by atoms with Crippen LogP contribution in [-0.2, 0) is 19.6 Å². The van der Waals surface area contributed by atoms with Crippen LogP contribution in [0.4, 0.5) is 0 Å². The summed E-state index contributed by atoms with van der Waals surface area (Å²) in [5.41, 5.74) is 0.535. The summed E-state index contributed by atoms with van der Waals surface area (Å²) in [5.74, 6) is -0.620. The molecule has 0 aliphatic heterocycles. The predicted octanol–water partition coefficient (Wildman–Crippen LogP) is 1.31. The van der Waals surface area contributed by atoms with Crippen LogP contribution in [0.15, 0.2) is 29.2 Å². The van der Waals surface area contributed by atoms with E-state index in [9.17, 15) is 18.3 Å². The maximum atomic E-state index is 12.5. The van der Waals surface area contributed by atoms with Crippen molar-refractivity contribution >= 4 is 16.0 Å². The fourth-order valence-corrected chi connectivity index (χ4v) is 3.29. The number of carbonyl (C=O) groups is 1. The Hall–Kier alpha value is -1.44. The standard InChI is InChI=1S/C14H21NO5S/c1-4-13(16)11-7-6-8-12(9-11)21(18,19)15(5-2)10-14(17)20-3/h6-9,13,16H,4-5,10H2,1-3H3. The molecule has 0 radical (unpaired) electrons. The first-order chi connectivity index (χ1) is 9.86. The van der Waals surface area contributed by atoms with E-state index in [1.165, 1.54) is 19.2 Å². The van der Waals surface area contributed by atoms with E-state index in [0.717, 1.165) is 4.31 Å². The highest BCUT2D eigenvalue weighted by Gasteiger charge is 2.26. The Kier molecular flexibility index (Phi) is 6.32. The molecule has 0 aromatic heterocycles. The number of ether oxygens (including phenoxy) is 1. The average molecular weight is 315 g/mol. The first kappa shape index (κ1) is 17.6. The number of esters is 1. The van der Waals surface area contributed by atoms with Gasteiger partial charge in [-0.25, -0.2) is 8.42 Å². The monoisotopic (exact) mass is 315 g/mol. The quantitative estimate of drug-likeness (QED) is 0.767. The second-order valence-corrected chi connectivity index (χ2v) is 6.44. The van der Waals surface area contributed by atoms with Gasteiger partial charge in [0.25, 0.3) is 0 Å². The highest BCUT2D eigenvalue weighted by atomic mass is 32.2. The molecule has 0 saturated carbocycles. The zero-order valence-corrected chi connectivity index (χ0v) is 13.3. The van der Waals surface area contributed by atoms with E-state index < -0.39 is 22.1 Å². The highest BCUT2D eigenvalue weighted by Crippen LogP contribution is 2.22. The largest absolute Gasteiger partial charge is 0.468 e. The Labute approximate surface area is 125 Å². The average Bonchev–Trinajstić information content (AvgIpc) is 2.51. The van der Waals surface area contributed by atoms with Gasteiger partial charge in [0, 0.05) is 6.54 Å². The molecule has 0 fully saturated rings. The molecular formula is C14H21NO5S. The van der Waals surface area contributed by atoms with Crippen LogP contribution in [0.25, 0.3) is 0 Å². The van der Waals surface area contributed by atoms with Gasteiger partial charge in [0.1, 0.15) is 6.54 Å². The number of hydrogen-bond donors (Lipinski definition) is 1. The number of sulfonamides is 1. The first-order valence-corrected chi connectivity index (χ1v) is 8.15. The maximum Gasteiger partial charge on any atom is 0.321 e. The third-order valence-corrected chi connectivity index (χ3v) is 5.07. The summed E-state index contributed by atoms with van der Waals surface area (Å²) < 4.78 is 30.6. The molecule has 118 valence electrons. The molecule has 0 aliphatic rings. The van der Waals surface area contributed by atoms with Gasteiger partial charge in [-0.3, -0.25) is 4.79 Å². The molecular weight excluding hydrogens is 294 g/mol. The number of rotatable bonds is 7. The summed E-state index contributed by atoms with van der Waals surface area (Å²) in [6.07, 6.45) is -0.223. The van der Waals surface area contributed by atoms with Gasteiger partial charge >= 0.3 is 5.97 Å². The van der Waals surface area contributed by atoms with Crippen molar-refractivity contribution in [3.05, 3.63) is 29.8 Å². The fraction of sp³-hybridized carbons (Fsp3) is 0.500. The summed E-state index contributed by atoms with van der Waals surface area (Å²) >= 11 is 0. The minimum Gasteiger partial charge on any atom is -0.468 e. The van der Waals surface area contributed by atoms with Crippen molar-refractivity contribution in [3.8, 4) is 0 Å². The Morgan fingerprint density at radius 1 is 1.38 bits per heavy atom. The molecule has 1 atom stereocenters. The van der Waals surface area contributed by atoms with Gasteiger partial charge in [-0.1, -0.05) is 26.0 Å². The Morgan fingerprint density at radius 3 is 2.57 bits per heavy atom. The topological polar surface area (TPSA) is 83.9 Å². The molecule has 1 aromatic carbocycles. The van der Waals surface area contributed by atoms with Crippen LogP contribution in [0, 0.1) is 0 Å². The van der Waals surface area contributed by atoms with Crippen LogP contribution in [0.3, 0.4) is 0 Å². The van der Waals surface area contributed by atoms with Gasteiger partial charge in [0.05, 0.1) is 18.1 Å². The van der Waals surface area contributed by atoms with Crippen LogP contribution in [0.1, 0.15) is 31.9 Å². The van der Waals surface area contributed by atoms with Crippen molar-refractivity contribution in [2.75, 3.05) is 20.2 Å². The molecule has 0 aliphatic carbocycles.